The fourth-order valence-corrected chi connectivity index (χ4v) is 2.10. The molecule has 2 nitrogen and oxygen atoms in total. The van der Waals surface area contributed by atoms with Gasteiger partial charge in [-0.1, -0.05) is 29.8 Å². The molecule has 2 aromatic carbocycles. The summed E-state index contributed by atoms with van der Waals surface area (Å²) in [5.74, 6) is -0.0352. The van der Waals surface area contributed by atoms with Gasteiger partial charge in [0.1, 0.15) is 11.6 Å². The number of nitrogens with one attached hydrogen (secondary N) is 1. The fraction of sp³-hybridized carbons (Fsp3) is 0.200. The molecule has 2 rings (SSSR count). The number of hydrogen-bond acceptors (Lipinski definition) is 2. The molecule has 0 radical (unpaired) electrons. The zero-order valence-electron chi connectivity index (χ0n) is 10.4. The van der Waals surface area contributed by atoms with E-state index in [4.69, 9.17) is 11.6 Å². The molecule has 0 heterocycles. The second-order valence-electron chi connectivity index (χ2n) is 4.29. The molecular weight excluding hydrogens is 265 g/mol. The van der Waals surface area contributed by atoms with Gasteiger partial charge in [0.05, 0.1) is 0 Å². The molecule has 0 saturated heterocycles. The lowest BCUT2D eigenvalue weighted by molar-refractivity contribution is 0.464. The van der Waals surface area contributed by atoms with E-state index in [9.17, 15) is 9.50 Å². The van der Waals surface area contributed by atoms with Crippen LogP contribution in [0.5, 0.6) is 5.75 Å². The molecule has 100 valence electrons. The third-order valence-corrected chi connectivity index (χ3v) is 3.23. The minimum atomic E-state index is -0.221. The summed E-state index contributed by atoms with van der Waals surface area (Å²) in [5.41, 5.74) is 1.62. The van der Waals surface area contributed by atoms with Crippen molar-refractivity contribution < 1.29 is 9.50 Å². The SMILES string of the molecule is Oc1cccc(Cl)c1CNCCc1cccc(F)c1. The van der Waals surface area contributed by atoms with Gasteiger partial charge in [-0.3, -0.25) is 0 Å². The molecule has 0 amide bonds. The Balaban J connectivity index is 1.84. The Labute approximate surface area is 116 Å². The van der Waals surface area contributed by atoms with Crippen molar-refractivity contribution in [3.8, 4) is 5.75 Å². The average molecular weight is 280 g/mol. The predicted octanol–water partition coefficient (Wildman–Crippen LogP) is 3.52. The molecule has 0 aromatic heterocycles. The van der Waals surface area contributed by atoms with Gasteiger partial charge in [-0.2, -0.15) is 0 Å². The largest absolute Gasteiger partial charge is 0.508 e. The van der Waals surface area contributed by atoms with Crippen molar-refractivity contribution in [3.05, 3.63) is 64.4 Å². The number of aromatic hydroxyl groups is 1. The van der Waals surface area contributed by atoms with Gasteiger partial charge in [0.25, 0.3) is 0 Å². The highest BCUT2D eigenvalue weighted by Gasteiger charge is 2.05. The summed E-state index contributed by atoms with van der Waals surface area (Å²) in [6.45, 7) is 1.18. The van der Waals surface area contributed by atoms with Crippen LogP contribution in [-0.4, -0.2) is 11.7 Å². The third-order valence-electron chi connectivity index (χ3n) is 2.88. The zero-order valence-corrected chi connectivity index (χ0v) is 11.1. The first-order valence-corrected chi connectivity index (χ1v) is 6.46. The molecule has 0 atom stereocenters. The quantitative estimate of drug-likeness (QED) is 0.821. The van der Waals surface area contributed by atoms with E-state index in [2.05, 4.69) is 5.32 Å². The van der Waals surface area contributed by atoms with Crippen molar-refractivity contribution >= 4 is 11.6 Å². The van der Waals surface area contributed by atoms with E-state index >= 15 is 0 Å². The maximum atomic E-state index is 13.0. The molecule has 0 spiro atoms. The van der Waals surface area contributed by atoms with E-state index in [0.29, 0.717) is 23.7 Å². The number of phenols is 1. The monoisotopic (exact) mass is 279 g/mol. The maximum Gasteiger partial charge on any atom is 0.123 e. The van der Waals surface area contributed by atoms with Crippen molar-refractivity contribution in [2.24, 2.45) is 0 Å². The van der Waals surface area contributed by atoms with Crippen molar-refractivity contribution in [3.63, 3.8) is 0 Å². The van der Waals surface area contributed by atoms with Gasteiger partial charge in [-0.15, -0.1) is 0 Å². The summed E-state index contributed by atoms with van der Waals surface area (Å²) in [5, 5.41) is 13.4. The molecule has 0 bridgehead atoms. The van der Waals surface area contributed by atoms with Crippen molar-refractivity contribution in [1.82, 2.24) is 5.32 Å². The highest BCUT2D eigenvalue weighted by Crippen LogP contribution is 2.24. The van der Waals surface area contributed by atoms with Gasteiger partial charge in [0.2, 0.25) is 0 Å². The lowest BCUT2D eigenvalue weighted by Gasteiger charge is -2.08. The summed E-state index contributed by atoms with van der Waals surface area (Å²) in [7, 11) is 0. The van der Waals surface area contributed by atoms with Crippen LogP contribution in [0.2, 0.25) is 5.02 Å². The predicted molar refractivity (Wildman–Crippen MR) is 74.9 cm³/mol. The summed E-state index contributed by atoms with van der Waals surface area (Å²) in [4.78, 5) is 0. The molecule has 4 heteroatoms. The first-order chi connectivity index (χ1) is 9.16. The van der Waals surface area contributed by atoms with Crippen LogP contribution in [0.25, 0.3) is 0 Å². The van der Waals surface area contributed by atoms with Crippen LogP contribution in [0.15, 0.2) is 42.5 Å². The van der Waals surface area contributed by atoms with Gasteiger partial charge in [0, 0.05) is 17.1 Å². The van der Waals surface area contributed by atoms with Crippen LogP contribution >= 0.6 is 11.6 Å². The third kappa shape index (κ3) is 3.94. The Kier molecular flexibility index (Phi) is 4.77. The van der Waals surface area contributed by atoms with E-state index in [1.807, 2.05) is 6.07 Å². The number of benzene rings is 2. The topological polar surface area (TPSA) is 32.3 Å². The van der Waals surface area contributed by atoms with Gasteiger partial charge in [-0.05, 0) is 42.8 Å². The molecule has 0 unspecified atom stereocenters. The molecule has 0 aliphatic carbocycles. The van der Waals surface area contributed by atoms with Crippen LogP contribution in [0, 0.1) is 5.82 Å². The minimum absolute atomic E-state index is 0.186. The van der Waals surface area contributed by atoms with E-state index in [1.165, 1.54) is 12.1 Å². The summed E-state index contributed by atoms with van der Waals surface area (Å²) < 4.78 is 13.0. The van der Waals surface area contributed by atoms with E-state index < -0.39 is 0 Å². The van der Waals surface area contributed by atoms with E-state index in [-0.39, 0.29) is 11.6 Å². The van der Waals surface area contributed by atoms with Crippen molar-refractivity contribution in [1.29, 1.82) is 0 Å². The molecule has 0 saturated carbocycles. The second-order valence-corrected chi connectivity index (χ2v) is 4.70. The van der Waals surface area contributed by atoms with Crippen molar-refractivity contribution in [2.45, 2.75) is 13.0 Å². The first-order valence-electron chi connectivity index (χ1n) is 6.08. The molecule has 0 aliphatic heterocycles. The number of hydrogen-bond donors (Lipinski definition) is 2. The molecular formula is C15H15ClFNO. The van der Waals surface area contributed by atoms with Gasteiger partial charge in [-0.25, -0.2) is 4.39 Å². The number of halogens is 2. The Hall–Kier alpha value is -1.58. The van der Waals surface area contributed by atoms with Crippen LogP contribution in [0.3, 0.4) is 0 Å². The lowest BCUT2D eigenvalue weighted by Crippen LogP contribution is -2.17. The zero-order chi connectivity index (χ0) is 13.7. The Bertz CT molecular complexity index is 539. The Morgan fingerprint density at radius 1 is 1.16 bits per heavy atom. The molecule has 19 heavy (non-hydrogen) atoms. The Morgan fingerprint density at radius 2 is 1.95 bits per heavy atom. The number of phenolic OH excluding ortho intramolecular Hbond substituents is 1. The fourth-order valence-electron chi connectivity index (χ4n) is 1.86. The van der Waals surface area contributed by atoms with E-state index in [0.717, 1.165) is 12.0 Å². The normalized spacial score (nSPS) is 10.6. The summed E-state index contributed by atoms with van der Waals surface area (Å²) in [6, 6.07) is 11.6. The van der Waals surface area contributed by atoms with Gasteiger partial charge >= 0.3 is 0 Å². The lowest BCUT2D eigenvalue weighted by atomic mass is 10.1. The van der Waals surface area contributed by atoms with Crippen LogP contribution < -0.4 is 5.32 Å². The minimum Gasteiger partial charge on any atom is -0.508 e. The van der Waals surface area contributed by atoms with E-state index in [1.54, 1.807) is 24.3 Å². The molecule has 0 aliphatic rings. The highest BCUT2D eigenvalue weighted by atomic mass is 35.5. The molecule has 2 N–H and O–H groups in total. The molecule has 2 aromatic rings. The number of rotatable bonds is 5. The standard InChI is InChI=1S/C15H15ClFNO/c16-14-5-2-6-15(19)13(14)10-18-8-7-11-3-1-4-12(17)9-11/h1-6,9,18-19H,7-8,10H2. The van der Waals surface area contributed by atoms with Crippen LogP contribution in [-0.2, 0) is 13.0 Å². The van der Waals surface area contributed by atoms with Crippen molar-refractivity contribution in [2.75, 3.05) is 6.54 Å². The summed E-state index contributed by atoms with van der Waals surface area (Å²) in [6.07, 6.45) is 0.725. The average Bonchev–Trinajstić information content (AvgIpc) is 2.37. The Morgan fingerprint density at radius 3 is 2.68 bits per heavy atom. The smallest absolute Gasteiger partial charge is 0.123 e. The molecule has 0 fully saturated rings. The van der Waals surface area contributed by atoms with Crippen LogP contribution in [0.4, 0.5) is 4.39 Å². The second kappa shape index (κ2) is 6.55. The van der Waals surface area contributed by atoms with Crippen LogP contribution in [0.1, 0.15) is 11.1 Å². The van der Waals surface area contributed by atoms with Gasteiger partial charge < -0.3 is 10.4 Å². The highest BCUT2D eigenvalue weighted by molar-refractivity contribution is 6.31. The maximum absolute atomic E-state index is 13.0. The summed E-state index contributed by atoms with van der Waals surface area (Å²) >= 11 is 6.00. The first kappa shape index (κ1) is 13.8. The van der Waals surface area contributed by atoms with Gasteiger partial charge in [0.15, 0.2) is 0 Å².